The van der Waals surface area contributed by atoms with Gasteiger partial charge in [0.05, 0.1) is 23.4 Å². The molecule has 2 amide bonds. The third-order valence-corrected chi connectivity index (χ3v) is 5.46. The minimum Gasteiger partial charge on any atom is -0.494 e. The van der Waals surface area contributed by atoms with Gasteiger partial charge in [0.25, 0.3) is 5.91 Å². The number of hydrogen-bond donors (Lipinski definition) is 2. The van der Waals surface area contributed by atoms with Gasteiger partial charge in [0.15, 0.2) is 5.75 Å². The summed E-state index contributed by atoms with van der Waals surface area (Å²) in [6, 6.07) is 21.8. The van der Waals surface area contributed by atoms with E-state index in [-0.39, 0.29) is 27.1 Å². The van der Waals surface area contributed by atoms with Crippen LogP contribution in [0.1, 0.15) is 20.9 Å². The van der Waals surface area contributed by atoms with Gasteiger partial charge in [-0.1, -0.05) is 83.9 Å². The number of hydrogen-bond acceptors (Lipinski definition) is 4. The summed E-state index contributed by atoms with van der Waals surface area (Å²) in [5.74, 6) is -0.900. The predicted octanol–water partition coefficient (Wildman–Crippen LogP) is 6.00. The van der Waals surface area contributed by atoms with Crippen molar-refractivity contribution in [3.63, 3.8) is 0 Å². The second kappa shape index (κ2) is 9.81. The smallest absolute Gasteiger partial charge is 0.306 e. The third kappa shape index (κ3) is 4.72. The van der Waals surface area contributed by atoms with Gasteiger partial charge in [0, 0.05) is 16.7 Å². The third-order valence-electron chi connectivity index (χ3n) is 4.90. The number of methoxy groups -OCH3 is 1. The summed E-state index contributed by atoms with van der Waals surface area (Å²) in [5, 5.41) is 0.345. The van der Waals surface area contributed by atoms with E-state index in [9.17, 15) is 9.59 Å². The standard InChI is InChI=1S/C25H18Cl2N2O4/c1-32-22-19(26)12-17(13-20(22)27)24(30)28-29-25(31)23-21(16-10-6-3-7-11-16)18(14-33-23)15-8-4-2-5-9-15/h2-14H,1H3,(H,28,30)(H,29,31). The van der Waals surface area contributed by atoms with Crippen molar-refractivity contribution in [1.29, 1.82) is 0 Å². The lowest BCUT2D eigenvalue weighted by Crippen LogP contribution is -2.41. The summed E-state index contributed by atoms with van der Waals surface area (Å²) in [6.45, 7) is 0. The quantitative estimate of drug-likeness (QED) is 0.343. The Bertz CT molecular complexity index is 1280. The number of carbonyl (C=O) groups is 2. The van der Waals surface area contributed by atoms with Gasteiger partial charge in [-0.15, -0.1) is 0 Å². The molecule has 1 heterocycles. The molecule has 4 aromatic rings. The van der Waals surface area contributed by atoms with Crippen molar-refractivity contribution in [1.82, 2.24) is 10.9 Å². The SMILES string of the molecule is COc1c(Cl)cc(C(=O)NNC(=O)c2occ(-c3ccccc3)c2-c2ccccc2)cc1Cl. The Morgan fingerprint density at radius 1 is 0.818 bits per heavy atom. The van der Waals surface area contributed by atoms with Crippen molar-refractivity contribution in [2.24, 2.45) is 0 Å². The largest absolute Gasteiger partial charge is 0.494 e. The van der Waals surface area contributed by atoms with Crippen LogP contribution in [0, 0.1) is 0 Å². The van der Waals surface area contributed by atoms with Crippen LogP contribution in [0.25, 0.3) is 22.3 Å². The van der Waals surface area contributed by atoms with Crippen LogP contribution in [-0.2, 0) is 0 Å². The highest BCUT2D eigenvalue weighted by atomic mass is 35.5. The van der Waals surface area contributed by atoms with Crippen LogP contribution < -0.4 is 15.6 Å². The Hall–Kier alpha value is -3.74. The van der Waals surface area contributed by atoms with E-state index in [1.165, 1.54) is 25.5 Å². The second-order valence-electron chi connectivity index (χ2n) is 6.97. The van der Waals surface area contributed by atoms with E-state index >= 15 is 0 Å². The molecular formula is C25H18Cl2N2O4. The van der Waals surface area contributed by atoms with E-state index in [1.807, 2.05) is 60.7 Å². The average molecular weight is 481 g/mol. The molecule has 4 rings (SSSR count). The fourth-order valence-electron chi connectivity index (χ4n) is 3.38. The molecule has 0 bridgehead atoms. The molecule has 0 atom stereocenters. The average Bonchev–Trinajstić information content (AvgIpc) is 3.28. The lowest BCUT2D eigenvalue weighted by atomic mass is 9.96. The molecule has 0 spiro atoms. The fourth-order valence-corrected chi connectivity index (χ4v) is 4.02. The zero-order valence-corrected chi connectivity index (χ0v) is 18.9. The molecule has 3 aromatic carbocycles. The van der Waals surface area contributed by atoms with Crippen LogP contribution in [0.3, 0.4) is 0 Å². The van der Waals surface area contributed by atoms with E-state index in [0.717, 1.165) is 16.7 Å². The highest BCUT2D eigenvalue weighted by Gasteiger charge is 2.23. The van der Waals surface area contributed by atoms with Crippen molar-refractivity contribution in [3.8, 4) is 28.0 Å². The van der Waals surface area contributed by atoms with Gasteiger partial charge in [-0.2, -0.15) is 0 Å². The van der Waals surface area contributed by atoms with E-state index in [1.54, 1.807) is 0 Å². The molecule has 6 nitrogen and oxygen atoms in total. The summed E-state index contributed by atoms with van der Waals surface area (Å²) in [5.41, 5.74) is 7.97. The maximum atomic E-state index is 13.0. The number of amides is 2. The monoisotopic (exact) mass is 480 g/mol. The number of hydrazine groups is 1. The fraction of sp³-hybridized carbons (Fsp3) is 0.0400. The zero-order chi connectivity index (χ0) is 23.4. The van der Waals surface area contributed by atoms with Crippen molar-refractivity contribution in [2.45, 2.75) is 0 Å². The highest BCUT2D eigenvalue weighted by molar-refractivity contribution is 6.37. The first kappa shape index (κ1) is 22.5. The molecule has 0 unspecified atom stereocenters. The summed E-state index contributed by atoms with van der Waals surface area (Å²) in [7, 11) is 1.42. The molecule has 2 N–H and O–H groups in total. The van der Waals surface area contributed by atoms with Gasteiger partial charge in [0.2, 0.25) is 5.76 Å². The van der Waals surface area contributed by atoms with Crippen LogP contribution in [-0.4, -0.2) is 18.9 Å². The maximum absolute atomic E-state index is 13.0. The van der Waals surface area contributed by atoms with E-state index in [4.69, 9.17) is 32.4 Å². The van der Waals surface area contributed by atoms with Crippen LogP contribution in [0.15, 0.2) is 83.5 Å². The summed E-state index contributed by atoms with van der Waals surface area (Å²) in [6.07, 6.45) is 1.53. The van der Waals surface area contributed by atoms with E-state index < -0.39 is 11.8 Å². The van der Waals surface area contributed by atoms with E-state index in [0.29, 0.717) is 5.56 Å². The zero-order valence-electron chi connectivity index (χ0n) is 17.4. The van der Waals surface area contributed by atoms with Crippen LogP contribution in [0.4, 0.5) is 0 Å². The van der Waals surface area contributed by atoms with E-state index in [2.05, 4.69) is 10.9 Å². The number of benzene rings is 3. The Morgan fingerprint density at radius 2 is 1.36 bits per heavy atom. The molecule has 0 aliphatic rings. The predicted molar refractivity (Wildman–Crippen MR) is 128 cm³/mol. The number of halogens is 2. The molecule has 0 fully saturated rings. The lowest BCUT2D eigenvalue weighted by molar-refractivity contribution is 0.0831. The minimum absolute atomic E-state index is 0.0612. The first-order chi connectivity index (χ1) is 16.0. The minimum atomic E-state index is -0.616. The molecule has 166 valence electrons. The molecule has 1 aromatic heterocycles. The second-order valence-corrected chi connectivity index (χ2v) is 7.78. The van der Waals surface area contributed by atoms with Crippen molar-refractivity contribution in [3.05, 3.63) is 100 Å². The number of rotatable bonds is 5. The molecule has 0 aliphatic heterocycles. The van der Waals surface area contributed by atoms with Gasteiger partial charge < -0.3 is 9.15 Å². The number of carbonyl (C=O) groups excluding carboxylic acids is 2. The Morgan fingerprint density at radius 3 is 1.94 bits per heavy atom. The Labute approximate surface area is 200 Å². The van der Waals surface area contributed by atoms with Gasteiger partial charge in [-0.05, 0) is 23.3 Å². The summed E-state index contributed by atoms with van der Waals surface area (Å²) < 4.78 is 10.7. The Balaban J connectivity index is 1.60. The lowest BCUT2D eigenvalue weighted by Gasteiger charge is -2.11. The first-order valence-electron chi connectivity index (χ1n) is 9.85. The maximum Gasteiger partial charge on any atom is 0.306 e. The van der Waals surface area contributed by atoms with Crippen molar-refractivity contribution < 1.29 is 18.7 Å². The topological polar surface area (TPSA) is 80.6 Å². The van der Waals surface area contributed by atoms with Gasteiger partial charge in [-0.25, -0.2) is 0 Å². The van der Waals surface area contributed by atoms with Crippen molar-refractivity contribution in [2.75, 3.05) is 7.11 Å². The number of nitrogens with one attached hydrogen (secondary N) is 2. The van der Waals surface area contributed by atoms with Gasteiger partial charge >= 0.3 is 5.91 Å². The molecule has 0 aliphatic carbocycles. The molecule has 0 saturated carbocycles. The molecule has 0 saturated heterocycles. The van der Waals surface area contributed by atoms with Gasteiger partial charge in [-0.3, -0.25) is 20.4 Å². The summed E-state index contributed by atoms with van der Waals surface area (Å²) >= 11 is 12.2. The van der Waals surface area contributed by atoms with Crippen LogP contribution >= 0.6 is 23.2 Å². The van der Waals surface area contributed by atoms with Crippen LogP contribution in [0.5, 0.6) is 5.75 Å². The number of furan rings is 1. The van der Waals surface area contributed by atoms with Crippen molar-refractivity contribution >= 4 is 35.0 Å². The highest BCUT2D eigenvalue weighted by Crippen LogP contribution is 2.37. The number of ether oxygens (including phenoxy) is 1. The molecule has 33 heavy (non-hydrogen) atoms. The first-order valence-corrected chi connectivity index (χ1v) is 10.6. The molecular weight excluding hydrogens is 463 g/mol. The normalized spacial score (nSPS) is 10.5. The molecule has 0 radical (unpaired) electrons. The summed E-state index contributed by atoms with van der Waals surface area (Å²) in [4.78, 5) is 25.5. The van der Waals surface area contributed by atoms with Gasteiger partial charge in [0.1, 0.15) is 0 Å². The molecule has 8 heteroatoms. The van der Waals surface area contributed by atoms with Crippen LogP contribution in [0.2, 0.25) is 10.0 Å². The Kier molecular flexibility index (Phi) is 6.68.